The van der Waals surface area contributed by atoms with Crippen LogP contribution in [0.4, 0.5) is 5.69 Å². The number of esters is 1. The zero-order valence-corrected chi connectivity index (χ0v) is 14.4. The molecule has 0 aromatic heterocycles. The summed E-state index contributed by atoms with van der Waals surface area (Å²) in [6.07, 6.45) is 2.99. The van der Waals surface area contributed by atoms with E-state index in [-0.39, 0.29) is 5.91 Å². The Morgan fingerprint density at radius 2 is 1.83 bits per heavy atom. The Labute approximate surface area is 150 Å². The van der Waals surface area contributed by atoms with Crippen LogP contribution in [0.25, 0.3) is 6.08 Å². The first-order valence-electron chi connectivity index (χ1n) is 7.21. The van der Waals surface area contributed by atoms with Gasteiger partial charge in [0.2, 0.25) is 0 Å². The second-order valence-corrected chi connectivity index (χ2v) is 5.63. The summed E-state index contributed by atoms with van der Waals surface area (Å²) in [5, 5.41) is 3.50. The van der Waals surface area contributed by atoms with Gasteiger partial charge in [0.15, 0.2) is 0 Å². The molecule has 6 heteroatoms. The van der Waals surface area contributed by atoms with Gasteiger partial charge in [0.1, 0.15) is 0 Å². The first-order valence-corrected chi connectivity index (χ1v) is 7.96. The maximum Gasteiger partial charge on any atom is 0.330 e. The second kappa shape index (κ2) is 8.52. The van der Waals surface area contributed by atoms with E-state index in [9.17, 15) is 9.59 Å². The third-order valence-electron chi connectivity index (χ3n) is 3.04. The van der Waals surface area contributed by atoms with Crippen LogP contribution in [0.5, 0.6) is 0 Å². The molecule has 0 fully saturated rings. The van der Waals surface area contributed by atoms with E-state index in [1.807, 2.05) is 0 Å². The summed E-state index contributed by atoms with van der Waals surface area (Å²) in [6, 6.07) is 11.7. The summed E-state index contributed by atoms with van der Waals surface area (Å²) < 4.78 is 4.80. The fraction of sp³-hybridized carbons (Fsp3) is 0.111. The van der Waals surface area contributed by atoms with Crippen LogP contribution < -0.4 is 5.32 Å². The number of hydrogen-bond acceptors (Lipinski definition) is 3. The maximum atomic E-state index is 12.2. The number of carbonyl (C=O) groups excluding carboxylic acids is 2. The number of amides is 1. The van der Waals surface area contributed by atoms with Crippen molar-refractivity contribution in [3.63, 3.8) is 0 Å². The predicted octanol–water partition coefficient (Wildman–Crippen LogP) is 4.82. The number of hydrogen-bond donors (Lipinski definition) is 1. The molecule has 0 aliphatic heterocycles. The van der Waals surface area contributed by atoms with Gasteiger partial charge in [0.25, 0.3) is 5.91 Å². The van der Waals surface area contributed by atoms with E-state index in [4.69, 9.17) is 27.9 Å². The summed E-state index contributed by atoms with van der Waals surface area (Å²) in [5.41, 5.74) is 1.71. The molecule has 4 nitrogen and oxygen atoms in total. The van der Waals surface area contributed by atoms with Crippen LogP contribution in [0.1, 0.15) is 22.8 Å². The highest BCUT2D eigenvalue weighted by Crippen LogP contribution is 2.22. The van der Waals surface area contributed by atoms with Crippen molar-refractivity contribution in [2.24, 2.45) is 0 Å². The average Bonchev–Trinajstić information content (AvgIpc) is 2.56. The van der Waals surface area contributed by atoms with Gasteiger partial charge in [-0.25, -0.2) is 4.79 Å². The number of ether oxygens (including phenoxy) is 1. The van der Waals surface area contributed by atoms with E-state index < -0.39 is 5.97 Å². The monoisotopic (exact) mass is 363 g/mol. The van der Waals surface area contributed by atoms with E-state index in [0.29, 0.717) is 27.9 Å². The topological polar surface area (TPSA) is 55.4 Å². The summed E-state index contributed by atoms with van der Waals surface area (Å²) >= 11 is 11.9. The first-order chi connectivity index (χ1) is 11.5. The van der Waals surface area contributed by atoms with Gasteiger partial charge in [-0.3, -0.25) is 4.79 Å². The minimum absolute atomic E-state index is 0.301. The molecule has 0 unspecified atom stereocenters. The Kier molecular flexibility index (Phi) is 6.41. The molecule has 124 valence electrons. The van der Waals surface area contributed by atoms with Gasteiger partial charge < -0.3 is 10.1 Å². The van der Waals surface area contributed by atoms with Crippen LogP contribution in [0.2, 0.25) is 10.0 Å². The molecule has 2 aromatic carbocycles. The van der Waals surface area contributed by atoms with Gasteiger partial charge in [0, 0.05) is 16.8 Å². The van der Waals surface area contributed by atoms with Crippen LogP contribution in [0.3, 0.4) is 0 Å². The van der Waals surface area contributed by atoms with Gasteiger partial charge >= 0.3 is 5.97 Å². The number of anilines is 1. The van der Waals surface area contributed by atoms with E-state index >= 15 is 0 Å². The van der Waals surface area contributed by atoms with Crippen LogP contribution in [-0.4, -0.2) is 18.5 Å². The van der Waals surface area contributed by atoms with Crippen LogP contribution in [0.15, 0.2) is 48.5 Å². The SMILES string of the molecule is CCOC(=O)/C=C/c1ccc(NC(=O)c2cc(Cl)ccc2Cl)cc1. The highest BCUT2D eigenvalue weighted by Gasteiger charge is 2.11. The fourth-order valence-corrected chi connectivity index (χ4v) is 2.28. The molecule has 0 spiro atoms. The third kappa shape index (κ3) is 5.11. The maximum absolute atomic E-state index is 12.2. The zero-order valence-electron chi connectivity index (χ0n) is 12.9. The molecule has 0 atom stereocenters. The largest absolute Gasteiger partial charge is 0.463 e. The Hall–Kier alpha value is -2.30. The first kappa shape index (κ1) is 18.0. The molecule has 0 bridgehead atoms. The molecule has 0 aliphatic carbocycles. The van der Waals surface area contributed by atoms with Crippen molar-refractivity contribution >= 4 is 46.8 Å². The molecule has 2 aromatic rings. The lowest BCUT2D eigenvalue weighted by atomic mass is 10.1. The Bertz CT molecular complexity index is 770. The van der Waals surface area contributed by atoms with Crippen molar-refractivity contribution in [2.75, 3.05) is 11.9 Å². The van der Waals surface area contributed by atoms with E-state index in [0.717, 1.165) is 5.56 Å². The third-order valence-corrected chi connectivity index (χ3v) is 3.60. The van der Waals surface area contributed by atoms with Crippen molar-refractivity contribution in [1.82, 2.24) is 0 Å². The molecule has 0 heterocycles. The molecule has 0 saturated heterocycles. The Morgan fingerprint density at radius 3 is 2.50 bits per heavy atom. The smallest absolute Gasteiger partial charge is 0.330 e. The minimum atomic E-state index is -0.398. The van der Waals surface area contributed by atoms with Crippen LogP contribution in [0, 0.1) is 0 Å². The van der Waals surface area contributed by atoms with Crippen molar-refractivity contribution in [2.45, 2.75) is 6.92 Å². The van der Waals surface area contributed by atoms with Crippen molar-refractivity contribution in [3.05, 3.63) is 69.7 Å². The lowest BCUT2D eigenvalue weighted by molar-refractivity contribution is -0.137. The van der Waals surface area contributed by atoms with E-state index in [1.165, 1.54) is 12.1 Å². The Morgan fingerprint density at radius 1 is 1.12 bits per heavy atom. The number of nitrogens with one attached hydrogen (secondary N) is 1. The summed E-state index contributed by atoms with van der Waals surface area (Å²) in [5.74, 6) is -0.747. The fourth-order valence-electron chi connectivity index (χ4n) is 1.90. The normalized spacial score (nSPS) is 10.6. The van der Waals surface area contributed by atoms with Crippen molar-refractivity contribution < 1.29 is 14.3 Å². The van der Waals surface area contributed by atoms with E-state index in [1.54, 1.807) is 49.4 Å². The van der Waals surface area contributed by atoms with Gasteiger partial charge in [-0.1, -0.05) is 35.3 Å². The van der Waals surface area contributed by atoms with Crippen molar-refractivity contribution in [1.29, 1.82) is 0 Å². The molecule has 0 radical (unpaired) electrons. The molecular weight excluding hydrogens is 349 g/mol. The van der Waals surface area contributed by atoms with Gasteiger partial charge in [-0.2, -0.15) is 0 Å². The highest BCUT2D eigenvalue weighted by atomic mass is 35.5. The average molecular weight is 364 g/mol. The summed E-state index contributed by atoms with van der Waals surface area (Å²) in [6.45, 7) is 2.08. The van der Waals surface area contributed by atoms with Crippen molar-refractivity contribution in [3.8, 4) is 0 Å². The van der Waals surface area contributed by atoms with Gasteiger partial charge in [-0.05, 0) is 48.9 Å². The molecule has 2 rings (SSSR count). The van der Waals surface area contributed by atoms with Gasteiger partial charge in [0.05, 0.1) is 17.2 Å². The summed E-state index contributed by atoms with van der Waals surface area (Å²) in [7, 11) is 0. The number of halogens is 2. The number of rotatable bonds is 5. The molecular formula is C18H15Cl2NO3. The predicted molar refractivity (Wildman–Crippen MR) is 96.5 cm³/mol. The quantitative estimate of drug-likeness (QED) is 0.611. The lowest BCUT2D eigenvalue weighted by Crippen LogP contribution is -2.12. The molecule has 1 N–H and O–H groups in total. The number of carbonyl (C=O) groups is 2. The number of benzene rings is 2. The Balaban J connectivity index is 2.05. The highest BCUT2D eigenvalue weighted by molar-refractivity contribution is 6.36. The minimum Gasteiger partial charge on any atom is -0.463 e. The summed E-state index contributed by atoms with van der Waals surface area (Å²) in [4.78, 5) is 23.5. The molecule has 0 aliphatic rings. The molecule has 24 heavy (non-hydrogen) atoms. The van der Waals surface area contributed by atoms with Crippen LogP contribution >= 0.6 is 23.2 Å². The molecule has 0 saturated carbocycles. The standard InChI is InChI=1S/C18H15Cl2NO3/c1-2-24-17(22)10-5-12-3-7-14(8-4-12)21-18(23)15-11-13(19)6-9-16(15)20/h3-11H,2H2,1H3,(H,21,23)/b10-5+. The van der Waals surface area contributed by atoms with Gasteiger partial charge in [-0.15, -0.1) is 0 Å². The van der Waals surface area contributed by atoms with Crippen LogP contribution in [-0.2, 0) is 9.53 Å². The second-order valence-electron chi connectivity index (χ2n) is 4.79. The molecule has 1 amide bonds. The lowest BCUT2D eigenvalue weighted by Gasteiger charge is -2.07. The van der Waals surface area contributed by atoms with E-state index in [2.05, 4.69) is 5.32 Å². The zero-order chi connectivity index (χ0) is 17.5.